The van der Waals surface area contributed by atoms with Crippen molar-refractivity contribution >= 4 is 11.8 Å². The fourth-order valence-electron chi connectivity index (χ4n) is 1.13. The molecule has 0 aromatic rings. The number of hydrogen-bond acceptors (Lipinski definition) is 3. The molecule has 1 aliphatic heterocycles. The molecule has 3 heteroatoms. The van der Waals surface area contributed by atoms with Crippen molar-refractivity contribution in [2.75, 3.05) is 12.4 Å². The van der Waals surface area contributed by atoms with E-state index >= 15 is 0 Å². The van der Waals surface area contributed by atoms with E-state index in [-0.39, 0.29) is 6.61 Å². The third-order valence-electron chi connectivity index (χ3n) is 1.86. The van der Waals surface area contributed by atoms with Gasteiger partial charge in [-0.15, -0.1) is 11.8 Å². The highest BCUT2D eigenvalue weighted by Gasteiger charge is 2.32. The zero-order valence-electron chi connectivity index (χ0n) is 7.42. The van der Waals surface area contributed by atoms with E-state index in [9.17, 15) is 0 Å². The highest BCUT2D eigenvalue weighted by molar-refractivity contribution is 8.00. The quantitative estimate of drug-likeness (QED) is 0.625. The Bertz CT molecular complexity index is 133. The highest BCUT2D eigenvalue weighted by Crippen LogP contribution is 2.32. The standard InChI is InChI=1S/C8H17NOS/c1-8(2,3)7-9-6(4-10)5-11-7/h6-7,9-10H,4-5H2,1-3H3/t6-,7+/m1/s1. The van der Waals surface area contributed by atoms with Gasteiger partial charge in [0.05, 0.1) is 12.0 Å². The van der Waals surface area contributed by atoms with Gasteiger partial charge in [-0.05, 0) is 5.41 Å². The van der Waals surface area contributed by atoms with Crippen LogP contribution in [0.2, 0.25) is 0 Å². The number of thioether (sulfide) groups is 1. The second-order valence-corrected chi connectivity index (χ2v) is 5.26. The molecular formula is C8H17NOS. The van der Waals surface area contributed by atoms with E-state index in [2.05, 4.69) is 26.1 Å². The Balaban J connectivity index is 2.42. The van der Waals surface area contributed by atoms with Crippen LogP contribution in [0.3, 0.4) is 0 Å². The third-order valence-corrected chi connectivity index (χ3v) is 3.63. The summed E-state index contributed by atoms with van der Waals surface area (Å²) in [5, 5.41) is 12.8. The van der Waals surface area contributed by atoms with Crippen molar-refractivity contribution in [1.82, 2.24) is 5.32 Å². The molecule has 1 heterocycles. The fraction of sp³-hybridized carbons (Fsp3) is 1.00. The minimum atomic E-state index is 0.263. The minimum Gasteiger partial charge on any atom is -0.395 e. The summed E-state index contributed by atoms with van der Waals surface area (Å²) in [6, 6.07) is 0.309. The number of aliphatic hydroxyl groups is 1. The first-order chi connectivity index (χ1) is 5.04. The monoisotopic (exact) mass is 175 g/mol. The van der Waals surface area contributed by atoms with Crippen LogP contribution in [0, 0.1) is 5.41 Å². The van der Waals surface area contributed by atoms with Gasteiger partial charge in [0, 0.05) is 11.8 Å². The molecule has 0 amide bonds. The number of nitrogens with one attached hydrogen (secondary N) is 1. The van der Waals surface area contributed by atoms with Crippen molar-refractivity contribution in [2.24, 2.45) is 5.41 Å². The second-order valence-electron chi connectivity index (χ2n) is 4.13. The third kappa shape index (κ3) is 2.36. The molecule has 0 bridgehead atoms. The molecular weight excluding hydrogens is 158 g/mol. The van der Waals surface area contributed by atoms with Crippen molar-refractivity contribution in [3.8, 4) is 0 Å². The number of hydrogen-bond donors (Lipinski definition) is 2. The lowest BCUT2D eigenvalue weighted by molar-refractivity contribution is 0.240. The maximum Gasteiger partial charge on any atom is 0.0593 e. The smallest absolute Gasteiger partial charge is 0.0593 e. The lowest BCUT2D eigenvalue weighted by Crippen LogP contribution is -2.39. The van der Waals surface area contributed by atoms with Crippen LogP contribution in [0.4, 0.5) is 0 Å². The van der Waals surface area contributed by atoms with Crippen LogP contribution in [0.5, 0.6) is 0 Å². The molecule has 0 radical (unpaired) electrons. The van der Waals surface area contributed by atoms with E-state index in [1.54, 1.807) is 0 Å². The predicted octanol–water partition coefficient (Wildman–Crippen LogP) is 1.06. The van der Waals surface area contributed by atoms with Gasteiger partial charge < -0.3 is 5.11 Å². The van der Waals surface area contributed by atoms with Crippen LogP contribution < -0.4 is 5.32 Å². The molecule has 1 fully saturated rings. The molecule has 2 atom stereocenters. The van der Waals surface area contributed by atoms with Gasteiger partial charge in [0.2, 0.25) is 0 Å². The Kier molecular flexibility index (Phi) is 2.84. The molecule has 0 saturated carbocycles. The zero-order valence-corrected chi connectivity index (χ0v) is 8.24. The average Bonchev–Trinajstić information content (AvgIpc) is 2.32. The molecule has 1 saturated heterocycles. The van der Waals surface area contributed by atoms with Crippen molar-refractivity contribution in [2.45, 2.75) is 32.2 Å². The zero-order chi connectivity index (χ0) is 8.48. The van der Waals surface area contributed by atoms with Gasteiger partial charge in [0.1, 0.15) is 0 Å². The van der Waals surface area contributed by atoms with Gasteiger partial charge in [-0.1, -0.05) is 20.8 Å². The SMILES string of the molecule is CC(C)(C)[C@H]1N[C@H](CO)CS1. The van der Waals surface area contributed by atoms with Gasteiger partial charge in [-0.3, -0.25) is 5.32 Å². The lowest BCUT2D eigenvalue weighted by atomic mass is 9.96. The van der Waals surface area contributed by atoms with E-state index in [0.29, 0.717) is 16.8 Å². The summed E-state index contributed by atoms with van der Waals surface area (Å²) in [6.07, 6.45) is 0. The van der Waals surface area contributed by atoms with Crippen LogP contribution in [0.25, 0.3) is 0 Å². The van der Waals surface area contributed by atoms with Crippen molar-refractivity contribution in [1.29, 1.82) is 0 Å². The topological polar surface area (TPSA) is 32.3 Å². The first kappa shape index (κ1) is 9.36. The molecule has 0 aromatic carbocycles. The van der Waals surface area contributed by atoms with E-state index in [0.717, 1.165) is 5.75 Å². The normalized spacial score (nSPS) is 32.7. The molecule has 0 aliphatic carbocycles. The largest absolute Gasteiger partial charge is 0.395 e. The maximum absolute atomic E-state index is 8.87. The summed E-state index contributed by atoms with van der Waals surface area (Å²) < 4.78 is 0. The molecule has 11 heavy (non-hydrogen) atoms. The summed E-state index contributed by atoms with van der Waals surface area (Å²) in [5.41, 5.74) is 0.300. The van der Waals surface area contributed by atoms with Gasteiger partial charge in [0.15, 0.2) is 0 Å². The summed E-state index contributed by atoms with van der Waals surface area (Å²) in [7, 11) is 0. The van der Waals surface area contributed by atoms with Crippen LogP contribution in [-0.2, 0) is 0 Å². The van der Waals surface area contributed by atoms with Crippen molar-refractivity contribution < 1.29 is 5.11 Å². The second kappa shape index (κ2) is 3.33. The summed E-state index contributed by atoms with van der Waals surface area (Å²) in [4.78, 5) is 0. The van der Waals surface area contributed by atoms with Crippen molar-refractivity contribution in [3.63, 3.8) is 0 Å². The molecule has 0 spiro atoms. The predicted molar refractivity (Wildman–Crippen MR) is 49.7 cm³/mol. The molecule has 1 rings (SSSR count). The minimum absolute atomic E-state index is 0.263. The number of rotatable bonds is 1. The Morgan fingerprint density at radius 1 is 1.55 bits per heavy atom. The van der Waals surface area contributed by atoms with Gasteiger partial charge >= 0.3 is 0 Å². The van der Waals surface area contributed by atoms with E-state index < -0.39 is 0 Å². The first-order valence-electron chi connectivity index (χ1n) is 4.02. The molecule has 2 nitrogen and oxygen atoms in total. The van der Waals surface area contributed by atoms with Gasteiger partial charge in [0.25, 0.3) is 0 Å². The summed E-state index contributed by atoms with van der Waals surface area (Å²) >= 11 is 1.91. The highest BCUT2D eigenvalue weighted by atomic mass is 32.2. The first-order valence-corrected chi connectivity index (χ1v) is 5.07. The maximum atomic E-state index is 8.87. The van der Waals surface area contributed by atoms with Gasteiger partial charge in [-0.25, -0.2) is 0 Å². The fourth-order valence-corrected chi connectivity index (χ4v) is 2.54. The Morgan fingerprint density at radius 3 is 2.45 bits per heavy atom. The molecule has 0 unspecified atom stereocenters. The molecule has 66 valence electrons. The van der Waals surface area contributed by atoms with Crippen LogP contribution in [0.15, 0.2) is 0 Å². The van der Waals surface area contributed by atoms with E-state index in [1.165, 1.54) is 0 Å². The average molecular weight is 175 g/mol. The lowest BCUT2D eigenvalue weighted by Gasteiger charge is -2.26. The van der Waals surface area contributed by atoms with Gasteiger partial charge in [-0.2, -0.15) is 0 Å². The van der Waals surface area contributed by atoms with Crippen LogP contribution in [0.1, 0.15) is 20.8 Å². The Labute approximate surface area is 72.8 Å². The van der Waals surface area contributed by atoms with Crippen LogP contribution in [-0.4, -0.2) is 28.9 Å². The summed E-state index contributed by atoms with van der Waals surface area (Å²) in [5.74, 6) is 1.04. The molecule has 2 N–H and O–H groups in total. The van der Waals surface area contributed by atoms with E-state index in [1.807, 2.05) is 11.8 Å². The van der Waals surface area contributed by atoms with E-state index in [4.69, 9.17) is 5.11 Å². The number of aliphatic hydroxyl groups excluding tert-OH is 1. The molecule has 1 aliphatic rings. The van der Waals surface area contributed by atoms with Crippen LogP contribution >= 0.6 is 11.8 Å². The molecule has 0 aromatic heterocycles. The summed E-state index contributed by atoms with van der Waals surface area (Å²) in [6.45, 7) is 6.92. The Hall–Kier alpha value is 0.270. The Morgan fingerprint density at radius 2 is 2.18 bits per heavy atom. The van der Waals surface area contributed by atoms with Crippen molar-refractivity contribution in [3.05, 3.63) is 0 Å².